The van der Waals surface area contributed by atoms with E-state index in [1.165, 1.54) is 15.6 Å². The van der Waals surface area contributed by atoms with Crippen molar-refractivity contribution in [2.24, 2.45) is 0 Å². The summed E-state index contributed by atoms with van der Waals surface area (Å²) in [5.41, 5.74) is 0.255. The van der Waals surface area contributed by atoms with Crippen LogP contribution in [0.1, 0.15) is 6.42 Å². The number of halogens is 5. The van der Waals surface area contributed by atoms with Crippen molar-refractivity contribution in [3.63, 3.8) is 0 Å². The van der Waals surface area contributed by atoms with Gasteiger partial charge in [0.05, 0.1) is 22.7 Å². The SMILES string of the molecule is CN1CC(=O)N(c2ccsc2)CC12CCN(S(=O)(=O)c1cc(F)cc(F)c1)C2.O=C(O)C(F)(F)F. The molecule has 1 spiro atoms. The predicted octanol–water partition coefficient (Wildman–Crippen LogP) is 2.77. The molecule has 35 heavy (non-hydrogen) atoms. The van der Waals surface area contributed by atoms with Crippen LogP contribution in [0.15, 0.2) is 39.9 Å². The van der Waals surface area contributed by atoms with E-state index in [1.54, 1.807) is 11.9 Å². The Labute approximate surface area is 201 Å². The topological polar surface area (TPSA) is 98.2 Å². The maximum absolute atomic E-state index is 13.5. The van der Waals surface area contributed by atoms with Crippen LogP contribution in [-0.4, -0.2) is 79.5 Å². The number of alkyl halides is 3. The normalized spacial score (nSPS) is 21.8. The van der Waals surface area contributed by atoms with E-state index in [0.717, 1.165) is 17.8 Å². The molecule has 4 rings (SSSR count). The number of carboxylic acid groups (broad SMARTS) is 1. The molecule has 2 aliphatic rings. The summed E-state index contributed by atoms with van der Waals surface area (Å²) in [6.45, 7) is 0.912. The average Bonchev–Trinajstić information content (AvgIpc) is 3.41. The summed E-state index contributed by atoms with van der Waals surface area (Å²) < 4.78 is 85.9. The van der Waals surface area contributed by atoms with E-state index < -0.39 is 44.2 Å². The van der Waals surface area contributed by atoms with Gasteiger partial charge in [0.25, 0.3) is 0 Å². The lowest BCUT2D eigenvalue weighted by atomic mass is 9.93. The Morgan fingerprint density at radius 1 is 1.14 bits per heavy atom. The minimum atomic E-state index is -5.08. The highest BCUT2D eigenvalue weighted by molar-refractivity contribution is 7.89. The number of nitrogens with zero attached hydrogens (tertiary/aromatic N) is 3. The third-order valence-electron chi connectivity index (χ3n) is 5.77. The van der Waals surface area contributed by atoms with Crippen LogP contribution in [0.2, 0.25) is 0 Å². The lowest BCUT2D eigenvalue weighted by molar-refractivity contribution is -0.192. The van der Waals surface area contributed by atoms with Gasteiger partial charge in [-0.3, -0.25) is 9.69 Å². The molecule has 2 aromatic rings. The molecule has 1 aromatic heterocycles. The van der Waals surface area contributed by atoms with Crippen molar-refractivity contribution in [1.82, 2.24) is 9.21 Å². The lowest BCUT2D eigenvalue weighted by Gasteiger charge is -2.46. The largest absolute Gasteiger partial charge is 0.490 e. The lowest BCUT2D eigenvalue weighted by Crippen LogP contribution is -2.64. The number of sulfonamides is 1. The van der Waals surface area contributed by atoms with E-state index in [4.69, 9.17) is 9.90 Å². The van der Waals surface area contributed by atoms with Crippen molar-refractivity contribution in [3.8, 4) is 0 Å². The summed E-state index contributed by atoms with van der Waals surface area (Å²) >= 11 is 1.49. The van der Waals surface area contributed by atoms with Crippen LogP contribution in [0, 0.1) is 11.6 Å². The van der Waals surface area contributed by atoms with E-state index in [0.29, 0.717) is 19.0 Å². The molecule has 0 aliphatic carbocycles. The van der Waals surface area contributed by atoms with Crippen LogP contribution in [0.4, 0.5) is 27.6 Å². The molecule has 1 unspecified atom stereocenters. The summed E-state index contributed by atoms with van der Waals surface area (Å²) in [4.78, 5) is 24.6. The number of thiophene rings is 1. The Hall–Kier alpha value is -2.62. The van der Waals surface area contributed by atoms with Gasteiger partial charge in [0.1, 0.15) is 11.6 Å². The van der Waals surface area contributed by atoms with Crippen LogP contribution >= 0.6 is 11.3 Å². The minimum absolute atomic E-state index is 0.0416. The zero-order chi connectivity index (χ0) is 26.2. The van der Waals surface area contributed by atoms with Crippen molar-refractivity contribution in [2.45, 2.75) is 23.0 Å². The Kier molecular flexibility index (Phi) is 7.55. The van der Waals surface area contributed by atoms with E-state index in [9.17, 15) is 35.2 Å². The molecule has 1 amide bonds. The van der Waals surface area contributed by atoms with Gasteiger partial charge in [-0.1, -0.05) is 0 Å². The minimum Gasteiger partial charge on any atom is -0.475 e. The number of aliphatic carboxylic acids is 1. The van der Waals surface area contributed by atoms with E-state index in [1.807, 2.05) is 21.7 Å². The molecule has 8 nitrogen and oxygen atoms in total. The van der Waals surface area contributed by atoms with Crippen LogP contribution in [0.25, 0.3) is 0 Å². The summed E-state index contributed by atoms with van der Waals surface area (Å²) in [5.74, 6) is -4.67. The number of carboxylic acids is 1. The third kappa shape index (κ3) is 5.79. The van der Waals surface area contributed by atoms with Gasteiger partial charge in [0.2, 0.25) is 15.9 Å². The summed E-state index contributed by atoms with van der Waals surface area (Å²) in [6, 6.07) is 4.16. The van der Waals surface area contributed by atoms with Gasteiger partial charge in [0, 0.05) is 31.1 Å². The molecule has 192 valence electrons. The number of hydrogen-bond donors (Lipinski definition) is 1. The Bertz CT molecular complexity index is 1190. The molecule has 15 heteroatoms. The van der Waals surface area contributed by atoms with Gasteiger partial charge in [0.15, 0.2) is 0 Å². The maximum Gasteiger partial charge on any atom is 0.490 e. The molecule has 2 aliphatic heterocycles. The van der Waals surface area contributed by atoms with Crippen LogP contribution in [0.5, 0.6) is 0 Å². The fraction of sp³-hybridized carbons (Fsp3) is 0.400. The highest BCUT2D eigenvalue weighted by atomic mass is 32.2. The number of carbonyl (C=O) groups excluding carboxylic acids is 1. The van der Waals surface area contributed by atoms with E-state index in [2.05, 4.69) is 0 Å². The van der Waals surface area contributed by atoms with Crippen molar-refractivity contribution in [3.05, 3.63) is 46.7 Å². The highest BCUT2D eigenvalue weighted by Crippen LogP contribution is 2.36. The molecular formula is C20H20F5N3O5S2. The van der Waals surface area contributed by atoms with Crippen LogP contribution in [-0.2, 0) is 19.6 Å². The first kappa shape index (κ1) is 27.0. The second-order valence-electron chi connectivity index (χ2n) is 8.04. The monoisotopic (exact) mass is 541 g/mol. The molecule has 2 saturated heterocycles. The van der Waals surface area contributed by atoms with Crippen molar-refractivity contribution < 1.29 is 45.1 Å². The quantitative estimate of drug-likeness (QED) is 0.601. The third-order valence-corrected chi connectivity index (χ3v) is 8.26. The molecule has 0 radical (unpaired) electrons. The van der Waals surface area contributed by atoms with Crippen LogP contribution in [0.3, 0.4) is 0 Å². The smallest absolute Gasteiger partial charge is 0.475 e. The molecule has 1 aromatic carbocycles. The molecule has 1 N–H and O–H groups in total. The number of amides is 1. The van der Waals surface area contributed by atoms with Gasteiger partial charge >= 0.3 is 12.1 Å². The summed E-state index contributed by atoms with van der Waals surface area (Å²) in [6.07, 6.45) is -4.56. The average molecular weight is 542 g/mol. The number of piperazine rings is 1. The summed E-state index contributed by atoms with van der Waals surface area (Å²) in [5, 5.41) is 10.9. The van der Waals surface area contributed by atoms with Gasteiger partial charge in [-0.05, 0) is 37.0 Å². The van der Waals surface area contributed by atoms with E-state index >= 15 is 0 Å². The predicted molar refractivity (Wildman–Crippen MR) is 115 cm³/mol. The fourth-order valence-electron chi connectivity index (χ4n) is 3.90. The van der Waals surface area contributed by atoms with Gasteiger partial charge in [-0.25, -0.2) is 22.0 Å². The first-order valence-electron chi connectivity index (χ1n) is 9.96. The maximum atomic E-state index is 13.5. The number of carbonyl (C=O) groups is 2. The number of anilines is 1. The Morgan fingerprint density at radius 2 is 1.74 bits per heavy atom. The van der Waals surface area contributed by atoms with Gasteiger partial charge < -0.3 is 10.0 Å². The number of benzene rings is 1. The second-order valence-corrected chi connectivity index (χ2v) is 10.8. The van der Waals surface area contributed by atoms with Crippen LogP contribution < -0.4 is 4.90 Å². The van der Waals surface area contributed by atoms with Crippen molar-refractivity contribution in [2.75, 3.05) is 38.1 Å². The molecule has 1 atom stereocenters. The highest BCUT2D eigenvalue weighted by Gasteiger charge is 2.50. The molecular weight excluding hydrogens is 521 g/mol. The number of rotatable bonds is 3. The first-order valence-corrected chi connectivity index (χ1v) is 12.3. The number of hydrogen-bond acceptors (Lipinski definition) is 6. The first-order chi connectivity index (χ1) is 16.2. The fourth-order valence-corrected chi connectivity index (χ4v) is 6.10. The molecule has 0 bridgehead atoms. The zero-order valence-corrected chi connectivity index (χ0v) is 19.8. The molecule has 2 fully saturated rings. The number of likely N-dealkylation sites (N-methyl/N-ethyl adjacent to an activating group) is 1. The van der Waals surface area contributed by atoms with Crippen molar-refractivity contribution in [1.29, 1.82) is 0 Å². The van der Waals surface area contributed by atoms with Crippen molar-refractivity contribution >= 4 is 38.9 Å². The van der Waals surface area contributed by atoms with Gasteiger partial charge in [-0.2, -0.15) is 28.8 Å². The molecule has 0 saturated carbocycles. The second kappa shape index (κ2) is 9.79. The van der Waals surface area contributed by atoms with E-state index in [-0.39, 0.29) is 25.5 Å². The Balaban J connectivity index is 0.000000429. The van der Waals surface area contributed by atoms with Gasteiger partial charge in [-0.15, -0.1) is 0 Å². The zero-order valence-electron chi connectivity index (χ0n) is 18.1. The summed E-state index contributed by atoms with van der Waals surface area (Å²) in [7, 11) is -2.24. The molecule has 3 heterocycles. The standard InChI is InChI=1S/C18H19F2N3O3S2.C2HF3O2/c1-21-9-17(24)23(15-2-5-27-10-15)12-18(21)3-4-22(11-18)28(25,26)16-7-13(19)6-14(20)8-16;3-2(4,5)1(6)7/h2,5-8,10H,3-4,9,11-12H2,1H3;(H,6,7). The Morgan fingerprint density at radius 3 is 2.26 bits per heavy atom.